The number of amides is 1. The van der Waals surface area contributed by atoms with Crippen LogP contribution in [-0.2, 0) is 6.54 Å². The fourth-order valence-corrected chi connectivity index (χ4v) is 3.98. The third-order valence-electron chi connectivity index (χ3n) is 3.74. The molecule has 1 aliphatic rings. The standard InChI is InChI=1S/C16H15N3O4S2/c1-9-5-10(18-23-9)15(20)17-16-19(3-4-24-2)11-6-12-13(22-8-21-12)7-14(11)25-16/h5-7H,3-4,8H2,1-2H3. The third kappa shape index (κ3) is 3.05. The normalized spacial score (nSPS) is 13.8. The van der Waals surface area contributed by atoms with Crippen LogP contribution < -0.4 is 14.3 Å². The lowest BCUT2D eigenvalue weighted by molar-refractivity contribution is 0.0989. The lowest BCUT2D eigenvalue weighted by Crippen LogP contribution is -2.18. The summed E-state index contributed by atoms with van der Waals surface area (Å²) in [5.41, 5.74) is 1.19. The number of aryl methyl sites for hydroxylation is 2. The van der Waals surface area contributed by atoms with Crippen molar-refractivity contribution < 1.29 is 18.8 Å². The topological polar surface area (TPSA) is 78.9 Å². The van der Waals surface area contributed by atoms with Gasteiger partial charge >= 0.3 is 5.91 Å². The van der Waals surface area contributed by atoms with Crippen molar-refractivity contribution in [3.63, 3.8) is 0 Å². The van der Waals surface area contributed by atoms with Crippen molar-refractivity contribution in [1.82, 2.24) is 9.72 Å². The number of rotatable bonds is 4. The molecule has 0 saturated carbocycles. The Bertz CT molecular complexity index is 1020. The Balaban J connectivity index is 1.84. The van der Waals surface area contributed by atoms with Crippen LogP contribution >= 0.6 is 23.1 Å². The first kappa shape index (κ1) is 16.2. The summed E-state index contributed by atoms with van der Waals surface area (Å²) in [4.78, 5) is 17.3. The zero-order chi connectivity index (χ0) is 17.4. The molecule has 0 N–H and O–H groups in total. The number of benzene rings is 1. The molecule has 0 bridgehead atoms. The van der Waals surface area contributed by atoms with Crippen LogP contribution in [0.5, 0.6) is 11.5 Å². The molecule has 7 nitrogen and oxygen atoms in total. The summed E-state index contributed by atoms with van der Waals surface area (Å²) in [6.45, 7) is 2.72. The van der Waals surface area contributed by atoms with E-state index in [-0.39, 0.29) is 12.5 Å². The molecule has 2 aromatic heterocycles. The van der Waals surface area contributed by atoms with Crippen molar-refractivity contribution in [3.8, 4) is 11.5 Å². The van der Waals surface area contributed by atoms with Crippen LogP contribution in [0, 0.1) is 6.92 Å². The van der Waals surface area contributed by atoms with E-state index in [0.29, 0.717) is 16.3 Å². The van der Waals surface area contributed by atoms with Gasteiger partial charge in [0.2, 0.25) is 6.79 Å². The molecular formula is C16H15N3O4S2. The molecule has 130 valence electrons. The highest BCUT2D eigenvalue weighted by Crippen LogP contribution is 2.37. The maximum absolute atomic E-state index is 12.4. The molecule has 0 radical (unpaired) electrons. The number of hydrogen-bond donors (Lipinski definition) is 0. The fourth-order valence-electron chi connectivity index (χ4n) is 2.55. The van der Waals surface area contributed by atoms with E-state index in [0.717, 1.165) is 28.3 Å². The highest BCUT2D eigenvalue weighted by atomic mass is 32.2. The molecule has 0 atom stereocenters. The number of hydrogen-bond acceptors (Lipinski definition) is 7. The predicted octanol–water partition coefficient (Wildman–Crippen LogP) is 2.83. The van der Waals surface area contributed by atoms with Gasteiger partial charge in [-0.15, -0.1) is 0 Å². The second-order valence-electron chi connectivity index (χ2n) is 5.44. The lowest BCUT2D eigenvalue weighted by Gasteiger charge is -2.04. The molecule has 0 spiro atoms. The van der Waals surface area contributed by atoms with Gasteiger partial charge in [0.1, 0.15) is 5.76 Å². The second kappa shape index (κ2) is 6.57. The fraction of sp³-hybridized carbons (Fsp3) is 0.312. The van der Waals surface area contributed by atoms with Crippen LogP contribution in [0.1, 0.15) is 16.2 Å². The molecule has 4 rings (SSSR count). The highest BCUT2D eigenvalue weighted by molar-refractivity contribution is 7.98. The van der Waals surface area contributed by atoms with Gasteiger partial charge in [-0.3, -0.25) is 4.79 Å². The monoisotopic (exact) mass is 377 g/mol. The average molecular weight is 377 g/mol. The van der Waals surface area contributed by atoms with E-state index in [9.17, 15) is 4.79 Å². The minimum atomic E-state index is -0.415. The van der Waals surface area contributed by atoms with E-state index in [1.807, 2.05) is 23.0 Å². The maximum atomic E-state index is 12.4. The van der Waals surface area contributed by atoms with Gasteiger partial charge in [0.25, 0.3) is 0 Å². The van der Waals surface area contributed by atoms with Gasteiger partial charge in [-0.25, -0.2) is 0 Å². The SMILES string of the molecule is CSCCn1c(=NC(=O)c2cc(C)on2)sc2cc3c(cc21)OCO3. The number of ether oxygens (including phenoxy) is 2. The van der Waals surface area contributed by atoms with E-state index < -0.39 is 5.91 Å². The average Bonchev–Trinajstić information content (AvgIpc) is 3.29. The van der Waals surface area contributed by atoms with Crippen LogP contribution in [0.25, 0.3) is 10.2 Å². The number of nitrogens with zero attached hydrogens (tertiary/aromatic N) is 3. The smallest absolute Gasteiger partial charge is 0.301 e. The second-order valence-corrected chi connectivity index (χ2v) is 7.44. The van der Waals surface area contributed by atoms with Crippen molar-refractivity contribution in [3.05, 3.63) is 34.5 Å². The number of thiazole rings is 1. The Morgan fingerprint density at radius 2 is 2.16 bits per heavy atom. The van der Waals surface area contributed by atoms with Crippen LogP contribution in [0.15, 0.2) is 27.7 Å². The van der Waals surface area contributed by atoms with Crippen molar-refractivity contribution in [1.29, 1.82) is 0 Å². The van der Waals surface area contributed by atoms with Gasteiger partial charge in [-0.1, -0.05) is 16.5 Å². The van der Waals surface area contributed by atoms with Crippen LogP contribution in [0.4, 0.5) is 0 Å². The number of aromatic nitrogens is 2. The van der Waals surface area contributed by atoms with Crippen molar-refractivity contribution >= 4 is 39.2 Å². The molecule has 1 aromatic carbocycles. The molecular weight excluding hydrogens is 362 g/mol. The van der Waals surface area contributed by atoms with Crippen molar-refractivity contribution in [2.45, 2.75) is 13.5 Å². The number of thioether (sulfide) groups is 1. The molecule has 1 aliphatic heterocycles. The molecule has 9 heteroatoms. The molecule has 0 unspecified atom stereocenters. The third-order valence-corrected chi connectivity index (χ3v) is 5.37. The van der Waals surface area contributed by atoms with Gasteiger partial charge in [0.15, 0.2) is 22.0 Å². The Hall–Kier alpha value is -2.26. The molecule has 0 saturated heterocycles. The van der Waals surface area contributed by atoms with Gasteiger partial charge in [0, 0.05) is 30.5 Å². The van der Waals surface area contributed by atoms with Crippen LogP contribution in [0.3, 0.4) is 0 Å². The first-order valence-corrected chi connectivity index (χ1v) is 9.81. The molecule has 3 aromatic rings. The van der Waals surface area contributed by atoms with E-state index in [4.69, 9.17) is 14.0 Å². The van der Waals surface area contributed by atoms with Crippen LogP contribution in [0.2, 0.25) is 0 Å². The first-order valence-electron chi connectivity index (χ1n) is 7.60. The van der Waals surface area contributed by atoms with Gasteiger partial charge in [0.05, 0.1) is 10.2 Å². The quantitative estimate of drug-likeness (QED) is 0.696. The molecule has 0 fully saturated rings. The number of carbonyl (C=O) groups excluding carboxylic acids is 1. The molecule has 25 heavy (non-hydrogen) atoms. The summed E-state index contributed by atoms with van der Waals surface area (Å²) >= 11 is 3.18. The number of fused-ring (bicyclic) bond motifs is 2. The van der Waals surface area contributed by atoms with E-state index in [1.54, 1.807) is 24.8 Å². The van der Waals surface area contributed by atoms with Gasteiger partial charge in [-0.2, -0.15) is 16.8 Å². The van der Waals surface area contributed by atoms with Gasteiger partial charge in [-0.05, 0) is 13.2 Å². The highest BCUT2D eigenvalue weighted by Gasteiger charge is 2.18. The summed E-state index contributed by atoms with van der Waals surface area (Å²) in [7, 11) is 0. The summed E-state index contributed by atoms with van der Waals surface area (Å²) < 4.78 is 18.9. The Morgan fingerprint density at radius 3 is 2.88 bits per heavy atom. The zero-order valence-electron chi connectivity index (χ0n) is 13.6. The Morgan fingerprint density at radius 1 is 1.36 bits per heavy atom. The van der Waals surface area contributed by atoms with E-state index in [1.165, 1.54) is 11.3 Å². The van der Waals surface area contributed by atoms with Gasteiger partial charge < -0.3 is 18.6 Å². The molecule has 3 heterocycles. The summed E-state index contributed by atoms with van der Waals surface area (Å²) in [5.74, 6) is 2.51. The zero-order valence-corrected chi connectivity index (χ0v) is 15.3. The number of carbonyl (C=O) groups is 1. The van der Waals surface area contributed by atoms with Crippen LogP contribution in [-0.4, -0.2) is 34.4 Å². The maximum Gasteiger partial charge on any atom is 0.301 e. The molecule has 1 amide bonds. The summed E-state index contributed by atoms with van der Waals surface area (Å²) in [6, 6.07) is 5.46. The van der Waals surface area contributed by atoms with E-state index >= 15 is 0 Å². The minimum Gasteiger partial charge on any atom is -0.454 e. The minimum absolute atomic E-state index is 0.209. The van der Waals surface area contributed by atoms with Crippen molar-refractivity contribution in [2.75, 3.05) is 18.8 Å². The molecule has 0 aliphatic carbocycles. The first-order chi connectivity index (χ1) is 12.2. The predicted molar refractivity (Wildman–Crippen MR) is 95.5 cm³/mol. The Kier molecular flexibility index (Phi) is 4.26. The summed E-state index contributed by atoms with van der Waals surface area (Å²) in [6.07, 6.45) is 2.05. The largest absolute Gasteiger partial charge is 0.454 e. The van der Waals surface area contributed by atoms with Crippen molar-refractivity contribution in [2.24, 2.45) is 4.99 Å². The Labute approximate surface area is 151 Å². The van der Waals surface area contributed by atoms with E-state index in [2.05, 4.69) is 10.1 Å². The summed E-state index contributed by atoms with van der Waals surface area (Å²) in [5, 5.41) is 3.74. The lowest BCUT2D eigenvalue weighted by atomic mass is 10.3.